The molecule has 156 valence electrons. The van der Waals surface area contributed by atoms with E-state index in [-0.39, 0.29) is 12.5 Å². The summed E-state index contributed by atoms with van der Waals surface area (Å²) in [5.74, 6) is 0.196. The summed E-state index contributed by atoms with van der Waals surface area (Å²) >= 11 is 1.30. The number of carbonyl (C=O) groups is 2. The average molecular weight is 434 g/mol. The van der Waals surface area contributed by atoms with Crippen LogP contribution in [0.1, 0.15) is 27.3 Å². The lowest BCUT2D eigenvalue weighted by molar-refractivity contribution is -0.111. The molecular weight excluding hydrogens is 416 g/mol. The molecule has 8 nitrogen and oxygen atoms in total. The number of carbonyl (C=O) groups excluding carboxylic acids is 2. The summed E-state index contributed by atoms with van der Waals surface area (Å²) in [5.41, 5.74) is 2.18. The minimum atomic E-state index is -0.415. The van der Waals surface area contributed by atoms with Crippen LogP contribution in [0.5, 0.6) is 0 Å². The van der Waals surface area contributed by atoms with E-state index in [9.17, 15) is 14.9 Å². The van der Waals surface area contributed by atoms with E-state index in [0.717, 1.165) is 16.0 Å². The second-order valence-electron chi connectivity index (χ2n) is 6.74. The van der Waals surface area contributed by atoms with E-state index in [2.05, 4.69) is 16.4 Å². The fraction of sp³-hybridized carbons (Fsp3) is 0.182. The number of anilines is 1. The number of thiophene rings is 1. The monoisotopic (exact) mass is 434 g/mol. The van der Waals surface area contributed by atoms with Gasteiger partial charge in [0.15, 0.2) is 0 Å². The third kappa shape index (κ3) is 4.82. The van der Waals surface area contributed by atoms with Crippen molar-refractivity contribution in [2.75, 3.05) is 11.9 Å². The number of nitriles is 1. The predicted molar refractivity (Wildman–Crippen MR) is 114 cm³/mol. The summed E-state index contributed by atoms with van der Waals surface area (Å²) in [4.78, 5) is 31.1. The van der Waals surface area contributed by atoms with Gasteiger partial charge in [-0.1, -0.05) is 0 Å². The zero-order valence-corrected chi connectivity index (χ0v) is 17.2. The van der Waals surface area contributed by atoms with Crippen LogP contribution in [0.15, 0.2) is 53.4 Å². The van der Waals surface area contributed by atoms with Crippen LogP contribution in [0.25, 0.3) is 6.08 Å². The van der Waals surface area contributed by atoms with Crippen LogP contribution in [0, 0.1) is 11.3 Å². The van der Waals surface area contributed by atoms with Crippen LogP contribution in [0.2, 0.25) is 0 Å². The second-order valence-corrected chi connectivity index (χ2v) is 7.84. The van der Waals surface area contributed by atoms with Crippen LogP contribution in [0.4, 0.5) is 9.80 Å². The van der Waals surface area contributed by atoms with Crippen molar-refractivity contribution in [1.29, 1.82) is 5.26 Å². The fourth-order valence-electron chi connectivity index (χ4n) is 3.18. The molecule has 0 aliphatic carbocycles. The normalized spacial score (nSPS) is 12.9. The quantitative estimate of drug-likeness (QED) is 0.609. The van der Waals surface area contributed by atoms with Gasteiger partial charge in [-0.25, -0.2) is 4.79 Å². The van der Waals surface area contributed by atoms with Gasteiger partial charge in [0.25, 0.3) is 0 Å². The number of hydrogen-bond donors (Lipinski definition) is 1. The molecule has 2 amide bonds. The molecular formula is C22H18N4O4S. The number of furan rings is 1. The molecule has 0 spiro atoms. The number of pyridine rings is 1. The molecule has 0 saturated carbocycles. The maximum absolute atomic E-state index is 12.5. The van der Waals surface area contributed by atoms with Gasteiger partial charge in [0.2, 0.25) is 5.91 Å². The zero-order chi connectivity index (χ0) is 21.6. The minimum Gasteiger partial charge on any atom is -0.465 e. The van der Waals surface area contributed by atoms with E-state index in [1.165, 1.54) is 23.7 Å². The van der Waals surface area contributed by atoms with Crippen molar-refractivity contribution in [3.05, 3.63) is 76.3 Å². The molecule has 4 rings (SSSR count). The summed E-state index contributed by atoms with van der Waals surface area (Å²) < 4.78 is 10.5. The number of nitrogens with one attached hydrogen (secondary N) is 1. The predicted octanol–water partition coefficient (Wildman–Crippen LogP) is 3.95. The number of aromatic nitrogens is 1. The number of ether oxygens (including phenoxy) is 1. The van der Waals surface area contributed by atoms with E-state index >= 15 is 0 Å². The lowest BCUT2D eigenvalue weighted by Crippen LogP contribution is -2.35. The van der Waals surface area contributed by atoms with Gasteiger partial charge in [-0.2, -0.15) is 5.26 Å². The van der Waals surface area contributed by atoms with E-state index in [0.29, 0.717) is 35.8 Å². The van der Waals surface area contributed by atoms with Gasteiger partial charge in [-0.3, -0.25) is 9.78 Å². The second kappa shape index (κ2) is 9.28. The molecule has 0 aromatic carbocycles. The Morgan fingerprint density at radius 2 is 2.19 bits per heavy atom. The number of amides is 2. The molecule has 4 heterocycles. The average Bonchev–Trinajstić information content (AvgIpc) is 3.43. The molecule has 1 N–H and O–H groups in total. The highest BCUT2D eigenvalue weighted by Gasteiger charge is 2.28. The maximum atomic E-state index is 12.5. The zero-order valence-electron chi connectivity index (χ0n) is 16.4. The van der Waals surface area contributed by atoms with E-state index in [1.807, 2.05) is 0 Å². The molecule has 0 atom stereocenters. The SMILES string of the molecule is N#Cc1c(NC(=O)/C=C/c2ccco2)sc2c1CCN(C(=O)OCc1ccncc1)C2. The van der Waals surface area contributed by atoms with Crippen LogP contribution in [-0.4, -0.2) is 28.4 Å². The smallest absolute Gasteiger partial charge is 0.410 e. The van der Waals surface area contributed by atoms with Crippen LogP contribution >= 0.6 is 11.3 Å². The van der Waals surface area contributed by atoms with E-state index in [1.54, 1.807) is 47.6 Å². The first-order valence-electron chi connectivity index (χ1n) is 9.52. The lowest BCUT2D eigenvalue weighted by atomic mass is 10.0. The fourth-order valence-corrected chi connectivity index (χ4v) is 4.40. The Bertz CT molecular complexity index is 1150. The van der Waals surface area contributed by atoms with Crippen LogP contribution < -0.4 is 5.32 Å². The Balaban J connectivity index is 1.41. The van der Waals surface area contributed by atoms with E-state index in [4.69, 9.17) is 9.15 Å². The Kier molecular flexibility index (Phi) is 6.10. The molecule has 1 aliphatic heterocycles. The number of hydrogen-bond acceptors (Lipinski definition) is 7. The molecule has 3 aromatic heterocycles. The van der Waals surface area contributed by atoms with Gasteiger partial charge in [0, 0.05) is 29.9 Å². The number of rotatable bonds is 5. The van der Waals surface area contributed by atoms with Crippen molar-refractivity contribution >= 4 is 34.4 Å². The summed E-state index contributed by atoms with van der Waals surface area (Å²) in [7, 11) is 0. The van der Waals surface area contributed by atoms with Gasteiger partial charge in [0.1, 0.15) is 23.4 Å². The number of nitrogens with zero attached hydrogens (tertiary/aromatic N) is 3. The Hall–Kier alpha value is -3.90. The molecule has 0 fully saturated rings. The Morgan fingerprint density at radius 1 is 1.35 bits per heavy atom. The third-order valence-electron chi connectivity index (χ3n) is 4.72. The van der Waals surface area contributed by atoms with Crippen molar-refractivity contribution < 1.29 is 18.7 Å². The van der Waals surface area contributed by atoms with Crippen molar-refractivity contribution in [2.45, 2.75) is 19.6 Å². The summed E-state index contributed by atoms with van der Waals surface area (Å²) in [6, 6.07) is 9.22. The third-order valence-corrected chi connectivity index (χ3v) is 5.85. The van der Waals surface area contributed by atoms with Crippen LogP contribution in [-0.2, 0) is 29.1 Å². The van der Waals surface area contributed by atoms with Gasteiger partial charge in [-0.05, 0) is 47.9 Å². The first kappa shape index (κ1) is 20.4. The first-order chi connectivity index (χ1) is 15.1. The topological polar surface area (TPSA) is 108 Å². The van der Waals surface area contributed by atoms with Gasteiger partial charge >= 0.3 is 6.09 Å². The molecule has 0 radical (unpaired) electrons. The molecule has 0 bridgehead atoms. The summed E-state index contributed by atoms with van der Waals surface area (Å²) in [6.07, 6.45) is 7.82. The van der Waals surface area contributed by atoms with Crippen molar-refractivity contribution in [1.82, 2.24) is 9.88 Å². The van der Waals surface area contributed by atoms with Gasteiger partial charge in [0.05, 0.1) is 18.4 Å². The standard InChI is InChI=1S/C22H18N4O4S/c23-12-18-17-7-10-26(22(28)30-14-15-5-8-24-9-6-15)13-19(17)31-21(18)25-20(27)4-3-16-2-1-11-29-16/h1-6,8-9,11H,7,10,13-14H2,(H,25,27)/b4-3+. The summed E-state index contributed by atoms with van der Waals surface area (Å²) in [5, 5.41) is 12.8. The van der Waals surface area contributed by atoms with Gasteiger partial charge in [-0.15, -0.1) is 11.3 Å². The highest BCUT2D eigenvalue weighted by atomic mass is 32.1. The molecule has 0 saturated heterocycles. The Labute approximate surface area is 182 Å². The first-order valence-corrected chi connectivity index (χ1v) is 10.3. The largest absolute Gasteiger partial charge is 0.465 e. The highest BCUT2D eigenvalue weighted by molar-refractivity contribution is 7.16. The van der Waals surface area contributed by atoms with Crippen molar-refractivity contribution in [3.63, 3.8) is 0 Å². The molecule has 1 aliphatic rings. The van der Waals surface area contributed by atoms with E-state index < -0.39 is 6.09 Å². The van der Waals surface area contributed by atoms with Gasteiger partial charge < -0.3 is 19.4 Å². The molecule has 0 unspecified atom stereocenters. The lowest BCUT2D eigenvalue weighted by Gasteiger charge is -2.26. The highest BCUT2D eigenvalue weighted by Crippen LogP contribution is 2.36. The molecule has 31 heavy (non-hydrogen) atoms. The van der Waals surface area contributed by atoms with Crippen LogP contribution in [0.3, 0.4) is 0 Å². The van der Waals surface area contributed by atoms with Crippen molar-refractivity contribution in [3.8, 4) is 6.07 Å². The Morgan fingerprint density at radius 3 is 2.94 bits per heavy atom. The molecule has 3 aromatic rings. The molecule has 9 heteroatoms. The minimum absolute atomic E-state index is 0.169. The number of fused-ring (bicyclic) bond motifs is 1. The maximum Gasteiger partial charge on any atom is 0.410 e. The summed E-state index contributed by atoms with van der Waals surface area (Å²) in [6.45, 7) is 0.948. The van der Waals surface area contributed by atoms with Crippen molar-refractivity contribution in [2.24, 2.45) is 0 Å².